The number of aryl methyl sites for hydroxylation is 1. The fraction of sp³-hybridized carbons (Fsp3) is 0.294. The molecule has 1 N–H and O–H groups in total. The maximum atomic E-state index is 13.6. The number of rotatable bonds is 5. The molecule has 2 aromatic carbocycles. The SMILES string of the molecule is CCNC(c1cc(F)ccc1Cl)c1cc(C)ccc1OC. The molecule has 112 valence electrons. The lowest BCUT2D eigenvalue weighted by molar-refractivity contribution is 0.404. The van der Waals surface area contributed by atoms with Crippen LogP contribution in [0.15, 0.2) is 36.4 Å². The highest BCUT2D eigenvalue weighted by Crippen LogP contribution is 2.34. The molecule has 0 aliphatic heterocycles. The van der Waals surface area contributed by atoms with E-state index in [-0.39, 0.29) is 11.9 Å². The molecule has 2 rings (SSSR count). The molecule has 0 saturated carbocycles. The van der Waals surface area contributed by atoms with E-state index in [1.165, 1.54) is 12.1 Å². The van der Waals surface area contributed by atoms with Crippen molar-refractivity contribution in [3.05, 3.63) is 63.9 Å². The summed E-state index contributed by atoms with van der Waals surface area (Å²) in [7, 11) is 1.63. The van der Waals surface area contributed by atoms with Gasteiger partial charge in [0.25, 0.3) is 0 Å². The number of methoxy groups -OCH3 is 1. The first-order chi connectivity index (χ1) is 10.1. The van der Waals surface area contributed by atoms with Crippen LogP contribution in [-0.4, -0.2) is 13.7 Å². The number of ether oxygens (including phenoxy) is 1. The average molecular weight is 308 g/mol. The van der Waals surface area contributed by atoms with Crippen LogP contribution < -0.4 is 10.1 Å². The molecule has 1 atom stereocenters. The largest absolute Gasteiger partial charge is 0.496 e. The second-order valence-electron chi connectivity index (χ2n) is 4.90. The van der Waals surface area contributed by atoms with Crippen molar-refractivity contribution in [1.82, 2.24) is 5.32 Å². The van der Waals surface area contributed by atoms with Crippen LogP contribution in [0.2, 0.25) is 5.02 Å². The number of hydrogen-bond acceptors (Lipinski definition) is 2. The van der Waals surface area contributed by atoms with Crippen molar-refractivity contribution in [1.29, 1.82) is 0 Å². The van der Waals surface area contributed by atoms with Gasteiger partial charge in [-0.05, 0) is 43.3 Å². The Labute approximate surface area is 129 Å². The van der Waals surface area contributed by atoms with Crippen molar-refractivity contribution < 1.29 is 9.13 Å². The third-order valence-corrected chi connectivity index (χ3v) is 3.72. The molecule has 0 fully saturated rings. The third-order valence-electron chi connectivity index (χ3n) is 3.37. The topological polar surface area (TPSA) is 21.3 Å². The zero-order valence-corrected chi connectivity index (χ0v) is 13.2. The normalized spacial score (nSPS) is 12.2. The average Bonchev–Trinajstić information content (AvgIpc) is 2.47. The summed E-state index contributed by atoms with van der Waals surface area (Å²) < 4.78 is 19.0. The minimum absolute atomic E-state index is 0.215. The summed E-state index contributed by atoms with van der Waals surface area (Å²) in [5.74, 6) is 0.454. The second kappa shape index (κ2) is 6.92. The van der Waals surface area contributed by atoms with Gasteiger partial charge < -0.3 is 10.1 Å². The Bertz CT molecular complexity index is 630. The van der Waals surface area contributed by atoms with Crippen LogP contribution in [0.25, 0.3) is 0 Å². The first kappa shape index (κ1) is 15.8. The van der Waals surface area contributed by atoms with Crippen LogP contribution in [0.1, 0.15) is 29.7 Å². The highest BCUT2D eigenvalue weighted by atomic mass is 35.5. The molecule has 0 amide bonds. The van der Waals surface area contributed by atoms with Crippen molar-refractivity contribution in [3.8, 4) is 5.75 Å². The molecule has 21 heavy (non-hydrogen) atoms. The van der Waals surface area contributed by atoms with Gasteiger partial charge in [0.1, 0.15) is 11.6 Å². The number of hydrogen-bond donors (Lipinski definition) is 1. The van der Waals surface area contributed by atoms with Gasteiger partial charge in [0.2, 0.25) is 0 Å². The van der Waals surface area contributed by atoms with Crippen LogP contribution in [0.3, 0.4) is 0 Å². The summed E-state index contributed by atoms with van der Waals surface area (Å²) in [5, 5.41) is 3.89. The molecule has 0 saturated heterocycles. The number of halogens is 2. The molecule has 1 unspecified atom stereocenters. The van der Waals surface area contributed by atoms with Gasteiger partial charge in [-0.2, -0.15) is 0 Å². The Balaban J connectivity index is 2.58. The lowest BCUT2D eigenvalue weighted by atomic mass is 9.96. The van der Waals surface area contributed by atoms with Gasteiger partial charge in [-0.15, -0.1) is 0 Å². The van der Waals surface area contributed by atoms with E-state index in [0.717, 1.165) is 23.4 Å². The van der Waals surface area contributed by atoms with Crippen molar-refractivity contribution in [2.45, 2.75) is 19.9 Å². The minimum atomic E-state index is -0.302. The van der Waals surface area contributed by atoms with Crippen molar-refractivity contribution in [2.75, 3.05) is 13.7 Å². The molecule has 0 aromatic heterocycles. The number of benzene rings is 2. The molecule has 0 aliphatic carbocycles. The van der Waals surface area contributed by atoms with Crippen LogP contribution in [0, 0.1) is 12.7 Å². The molecule has 2 nitrogen and oxygen atoms in total. The fourth-order valence-electron chi connectivity index (χ4n) is 2.41. The molecular formula is C17H19ClFNO. The summed E-state index contributed by atoms with van der Waals surface area (Å²) in [6.07, 6.45) is 0. The van der Waals surface area contributed by atoms with E-state index in [9.17, 15) is 4.39 Å². The zero-order valence-electron chi connectivity index (χ0n) is 12.4. The van der Waals surface area contributed by atoms with Crippen LogP contribution >= 0.6 is 11.6 Å². The second-order valence-corrected chi connectivity index (χ2v) is 5.31. The van der Waals surface area contributed by atoms with Crippen molar-refractivity contribution in [2.24, 2.45) is 0 Å². The Morgan fingerprint density at radius 1 is 1.19 bits per heavy atom. The number of nitrogens with one attached hydrogen (secondary N) is 1. The molecule has 0 heterocycles. The van der Waals surface area contributed by atoms with Crippen LogP contribution in [0.5, 0.6) is 5.75 Å². The standard InChI is InChI=1S/C17H19ClFNO/c1-4-20-17(13-10-12(19)6-7-15(13)18)14-9-11(2)5-8-16(14)21-3/h5-10,17,20H,4H2,1-3H3. The quantitative estimate of drug-likeness (QED) is 0.878. The van der Waals surface area contributed by atoms with E-state index in [1.54, 1.807) is 13.2 Å². The predicted molar refractivity (Wildman–Crippen MR) is 84.7 cm³/mol. The van der Waals surface area contributed by atoms with Crippen LogP contribution in [-0.2, 0) is 0 Å². The van der Waals surface area contributed by atoms with E-state index in [0.29, 0.717) is 10.6 Å². The summed E-state index contributed by atoms with van der Waals surface area (Å²) in [6, 6.07) is 10.1. The highest BCUT2D eigenvalue weighted by molar-refractivity contribution is 6.31. The Morgan fingerprint density at radius 2 is 1.95 bits per heavy atom. The van der Waals surface area contributed by atoms with Gasteiger partial charge in [0.15, 0.2) is 0 Å². The summed E-state index contributed by atoms with van der Waals surface area (Å²) in [5.41, 5.74) is 2.77. The molecule has 0 spiro atoms. The first-order valence-electron chi connectivity index (χ1n) is 6.89. The highest BCUT2D eigenvalue weighted by Gasteiger charge is 2.20. The summed E-state index contributed by atoms with van der Waals surface area (Å²) >= 11 is 6.26. The molecular weight excluding hydrogens is 289 g/mol. The van der Waals surface area contributed by atoms with Crippen LogP contribution in [0.4, 0.5) is 4.39 Å². The lowest BCUT2D eigenvalue weighted by Gasteiger charge is -2.23. The maximum absolute atomic E-state index is 13.6. The van der Waals surface area contributed by atoms with Gasteiger partial charge >= 0.3 is 0 Å². The van der Waals surface area contributed by atoms with Crippen molar-refractivity contribution in [3.63, 3.8) is 0 Å². The molecule has 0 aliphatic rings. The van der Waals surface area contributed by atoms with E-state index in [1.807, 2.05) is 32.0 Å². The summed E-state index contributed by atoms with van der Waals surface area (Å²) in [6.45, 7) is 4.75. The Hall–Kier alpha value is -1.58. The first-order valence-corrected chi connectivity index (χ1v) is 7.27. The van der Waals surface area contributed by atoms with Gasteiger partial charge in [-0.25, -0.2) is 4.39 Å². The van der Waals surface area contributed by atoms with Gasteiger partial charge in [0.05, 0.1) is 13.2 Å². The van der Waals surface area contributed by atoms with E-state index in [2.05, 4.69) is 5.32 Å². The molecule has 4 heteroatoms. The molecule has 0 bridgehead atoms. The predicted octanol–water partition coefficient (Wildman–Crippen LogP) is 4.50. The third kappa shape index (κ3) is 3.55. The minimum Gasteiger partial charge on any atom is -0.496 e. The van der Waals surface area contributed by atoms with E-state index < -0.39 is 0 Å². The van der Waals surface area contributed by atoms with Gasteiger partial charge in [-0.1, -0.05) is 36.2 Å². The lowest BCUT2D eigenvalue weighted by Crippen LogP contribution is -2.23. The monoisotopic (exact) mass is 307 g/mol. The molecule has 0 radical (unpaired) electrons. The van der Waals surface area contributed by atoms with Gasteiger partial charge in [-0.3, -0.25) is 0 Å². The van der Waals surface area contributed by atoms with Crippen molar-refractivity contribution >= 4 is 11.6 Å². The Kier molecular flexibility index (Phi) is 5.21. The van der Waals surface area contributed by atoms with Gasteiger partial charge in [0, 0.05) is 10.6 Å². The van der Waals surface area contributed by atoms with E-state index >= 15 is 0 Å². The fourth-order valence-corrected chi connectivity index (χ4v) is 2.63. The smallest absolute Gasteiger partial charge is 0.124 e. The maximum Gasteiger partial charge on any atom is 0.124 e. The zero-order chi connectivity index (χ0) is 15.4. The summed E-state index contributed by atoms with van der Waals surface area (Å²) in [4.78, 5) is 0. The van der Waals surface area contributed by atoms with E-state index in [4.69, 9.17) is 16.3 Å². The molecule has 2 aromatic rings. The Morgan fingerprint density at radius 3 is 2.62 bits per heavy atom.